The van der Waals surface area contributed by atoms with E-state index in [9.17, 15) is 9.59 Å². The Morgan fingerprint density at radius 3 is 2.66 bits per heavy atom. The second-order valence-electron chi connectivity index (χ2n) is 7.45. The van der Waals surface area contributed by atoms with E-state index in [4.69, 9.17) is 4.74 Å². The van der Waals surface area contributed by atoms with Gasteiger partial charge >= 0.3 is 0 Å². The molecule has 1 fully saturated rings. The zero-order valence-corrected chi connectivity index (χ0v) is 17.1. The number of hydrogen-bond donors (Lipinski definition) is 1. The molecule has 3 rings (SSSR count). The Labute approximate surface area is 172 Å². The maximum atomic E-state index is 12.5. The predicted octanol–water partition coefficient (Wildman–Crippen LogP) is 2.69. The molecule has 1 saturated heterocycles. The molecule has 1 unspecified atom stereocenters. The third-order valence-electron chi connectivity index (χ3n) is 5.18. The first-order chi connectivity index (χ1) is 14.1. The molecule has 6 heteroatoms. The van der Waals surface area contributed by atoms with Gasteiger partial charge in [0.15, 0.2) is 0 Å². The molecule has 2 aromatic carbocycles. The van der Waals surface area contributed by atoms with Crippen LogP contribution in [0.4, 0.5) is 5.69 Å². The van der Waals surface area contributed by atoms with Crippen LogP contribution in [0.3, 0.4) is 0 Å². The highest BCUT2D eigenvalue weighted by atomic mass is 16.5. The highest BCUT2D eigenvalue weighted by Crippen LogP contribution is 2.32. The third-order valence-corrected chi connectivity index (χ3v) is 5.18. The zero-order valence-electron chi connectivity index (χ0n) is 17.1. The van der Waals surface area contributed by atoms with Crippen LogP contribution in [-0.2, 0) is 16.1 Å². The van der Waals surface area contributed by atoms with Crippen molar-refractivity contribution in [1.29, 1.82) is 0 Å². The summed E-state index contributed by atoms with van der Waals surface area (Å²) >= 11 is 0. The van der Waals surface area contributed by atoms with Gasteiger partial charge in [0.1, 0.15) is 5.75 Å². The van der Waals surface area contributed by atoms with Crippen LogP contribution in [-0.4, -0.2) is 50.5 Å². The summed E-state index contributed by atoms with van der Waals surface area (Å²) in [6.07, 6.45) is 1.10. The lowest BCUT2D eigenvalue weighted by atomic mass is 10.1. The fourth-order valence-corrected chi connectivity index (χ4v) is 3.65. The number of hydrogen-bond acceptors (Lipinski definition) is 4. The van der Waals surface area contributed by atoms with Crippen molar-refractivity contribution >= 4 is 17.5 Å². The normalized spacial score (nSPS) is 16.3. The molecule has 2 aromatic rings. The molecule has 1 aliphatic rings. The summed E-state index contributed by atoms with van der Waals surface area (Å²) in [5.41, 5.74) is 2.00. The van der Waals surface area contributed by atoms with Crippen molar-refractivity contribution in [2.45, 2.75) is 19.4 Å². The number of para-hydroxylation sites is 2. The van der Waals surface area contributed by atoms with Gasteiger partial charge in [-0.3, -0.25) is 9.59 Å². The maximum absolute atomic E-state index is 12.5. The summed E-state index contributed by atoms with van der Waals surface area (Å²) in [6, 6.07) is 17.7. The second-order valence-corrected chi connectivity index (χ2v) is 7.45. The van der Waals surface area contributed by atoms with Gasteiger partial charge in [-0.15, -0.1) is 0 Å². The van der Waals surface area contributed by atoms with Gasteiger partial charge in [0, 0.05) is 26.1 Å². The number of ether oxygens (including phenoxy) is 1. The van der Waals surface area contributed by atoms with E-state index < -0.39 is 0 Å². The second kappa shape index (κ2) is 10.1. The molecule has 29 heavy (non-hydrogen) atoms. The van der Waals surface area contributed by atoms with Gasteiger partial charge in [0.25, 0.3) is 0 Å². The minimum atomic E-state index is -0.325. The lowest BCUT2D eigenvalue weighted by molar-refractivity contribution is -0.126. The smallest absolute Gasteiger partial charge is 0.227 e. The van der Waals surface area contributed by atoms with E-state index in [1.807, 2.05) is 42.5 Å². The summed E-state index contributed by atoms with van der Waals surface area (Å²) in [4.78, 5) is 28.8. The van der Waals surface area contributed by atoms with E-state index in [1.54, 1.807) is 12.0 Å². The fraction of sp³-hybridized carbons (Fsp3) is 0.391. The van der Waals surface area contributed by atoms with Crippen molar-refractivity contribution < 1.29 is 14.3 Å². The zero-order chi connectivity index (χ0) is 20.6. The van der Waals surface area contributed by atoms with Crippen LogP contribution in [0.5, 0.6) is 5.75 Å². The van der Waals surface area contributed by atoms with Gasteiger partial charge in [-0.1, -0.05) is 42.5 Å². The Bertz CT molecular complexity index is 825. The van der Waals surface area contributed by atoms with Gasteiger partial charge in [0.2, 0.25) is 11.8 Å². The molecule has 0 bridgehead atoms. The Morgan fingerprint density at radius 2 is 1.90 bits per heavy atom. The molecule has 1 aliphatic heterocycles. The lowest BCUT2D eigenvalue weighted by Gasteiger charge is -2.19. The van der Waals surface area contributed by atoms with Crippen molar-refractivity contribution in [2.75, 3.05) is 38.7 Å². The van der Waals surface area contributed by atoms with Crippen molar-refractivity contribution in [2.24, 2.45) is 5.92 Å². The number of nitrogens with one attached hydrogen (secondary N) is 1. The maximum Gasteiger partial charge on any atom is 0.227 e. The Kier molecular flexibility index (Phi) is 7.25. The molecule has 0 spiro atoms. The van der Waals surface area contributed by atoms with E-state index in [0.29, 0.717) is 18.8 Å². The van der Waals surface area contributed by atoms with Gasteiger partial charge in [-0.25, -0.2) is 0 Å². The lowest BCUT2D eigenvalue weighted by Crippen LogP contribution is -2.34. The average Bonchev–Trinajstić information content (AvgIpc) is 3.13. The number of carbonyl (C=O) groups is 2. The number of nitrogens with zero attached hydrogens (tertiary/aromatic N) is 2. The van der Waals surface area contributed by atoms with Crippen molar-refractivity contribution in [3.05, 3.63) is 60.2 Å². The quantitative estimate of drug-likeness (QED) is 0.663. The molecule has 154 valence electrons. The summed E-state index contributed by atoms with van der Waals surface area (Å²) in [5, 5.41) is 2.99. The number of amides is 2. The van der Waals surface area contributed by atoms with E-state index in [1.165, 1.54) is 5.56 Å². The minimum absolute atomic E-state index is 0.0442. The van der Waals surface area contributed by atoms with Crippen molar-refractivity contribution in [3.8, 4) is 5.75 Å². The van der Waals surface area contributed by atoms with Gasteiger partial charge in [0.05, 0.1) is 18.7 Å². The SMILES string of the molecule is COc1ccccc1N1CC(C(=O)NCCCN(C)Cc2ccccc2)CC1=O. The molecule has 1 heterocycles. The van der Waals surface area contributed by atoms with Crippen LogP contribution >= 0.6 is 0 Å². The van der Waals surface area contributed by atoms with Crippen LogP contribution in [0, 0.1) is 5.92 Å². The Morgan fingerprint density at radius 1 is 1.17 bits per heavy atom. The monoisotopic (exact) mass is 395 g/mol. The summed E-state index contributed by atoms with van der Waals surface area (Å²) in [6.45, 7) is 2.78. The number of anilines is 1. The number of carbonyl (C=O) groups excluding carboxylic acids is 2. The molecule has 1 atom stereocenters. The van der Waals surface area contributed by atoms with Crippen molar-refractivity contribution in [3.63, 3.8) is 0 Å². The van der Waals surface area contributed by atoms with Gasteiger partial charge in [-0.05, 0) is 37.7 Å². The number of methoxy groups -OCH3 is 1. The molecule has 0 radical (unpaired) electrons. The Balaban J connectivity index is 1.42. The van der Waals surface area contributed by atoms with E-state index in [-0.39, 0.29) is 24.2 Å². The summed E-state index contributed by atoms with van der Waals surface area (Å²) in [7, 11) is 3.66. The predicted molar refractivity (Wildman–Crippen MR) is 114 cm³/mol. The minimum Gasteiger partial charge on any atom is -0.495 e. The van der Waals surface area contributed by atoms with Crippen LogP contribution in [0.25, 0.3) is 0 Å². The van der Waals surface area contributed by atoms with Crippen LogP contribution in [0.1, 0.15) is 18.4 Å². The summed E-state index contributed by atoms with van der Waals surface area (Å²) < 4.78 is 5.35. The number of benzene rings is 2. The van der Waals surface area contributed by atoms with Gasteiger partial charge in [-0.2, -0.15) is 0 Å². The molecule has 0 aliphatic carbocycles. The average molecular weight is 396 g/mol. The van der Waals surface area contributed by atoms with Crippen molar-refractivity contribution in [1.82, 2.24) is 10.2 Å². The largest absolute Gasteiger partial charge is 0.495 e. The van der Waals surface area contributed by atoms with E-state index in [0.717, 1.165) is 25.2 Å². The highest BCUT2D eigenvalue weighted by Gasteiger charge is 2.36. The first kappa shape index (κ1) is 20.9. The molecule has 2 amide bonds. The standard InChI is InChI=1S/C23H29N3O3/c1-25(16-18-9-4-3-5-10-18)14-8-13-24-23(28)19-15-22(27)26(17-19)20-11-6-7-12-21(20)29-2/h3-7,9-12,19H,8,13-17H2,1-2H3,(H,24,28). The molecular weight excluding hydrogens is 366 g/mol. The molecular formula is C23H29N3O3. The molecule has 1 N–H and O–H groups in total. The fourth-order valence-electron chi connectivity index (χ4n) is 3.65. The topological polar surface area (TPSA) is 61.9 Å². The molecule has 0 aromatic heterocycles. The van der Waals surface area contributed by atoms with E-state index >= 15 is 0 Å². The first-order valence-corrected chi connectivity index (χ1v) is 10.0. The van der Waals surface area contributed by atoms with Crippen LogP contribution in [0.15, 0.2) is 54.6 Å². The first-order valence-electron chi connectivity index (χ1n) is 10.0. The number of rotatable bonds is 9. The molecule has 0 saturated carbocycles. The Hall–Kier alpha value is -2.86. The van der Waals surface area contributed by atoms with Gasteiger partial charge < -0.3 is 19.9 Å². The molecule has 6 nitrogen and oxygen atoms in total. The van der Waals surface area contributed by atoms with Crippen LogP contribution < -0.4 is 15.0 Å². The third kappa shape index (κ3) is 5.57. The van der Waals surface area contributed by atoms with E-state index in [2.05, 4.69) is 29.4 Å². The van der Waals surface area contributed by atoms with Crippen LogP contribution in [0.2, 0.25) is 0 Å². The summed E-state index contributed by atoms with van der Waals surface area (Å²) in [5.74, 6) is 0.219. The highest BCUT2D eigenvalue weighted by molar-refractivity contribution is 6.01.